The second-order valence-electron chi connectivity index (χ2n) is 7.31. The molecule has 0 unspecified atom stereocenters. The number of rotatable bonds is 4. The van der Waals surface area contributed by atoms with Gasteiger partial charge in [0.25, 0.3) is 0 Å². The van der Waals surface area contributed by atoms with Crippen LogP contribution in [-0.4, -0.2) is 67.8 Å². The van der Waals surface area contributed by atoms with Crippen LogP contribution < -0.4 is 5.32 Å². The molecule has 2 aliphatic heterocycles. The van der Waals surface area contributed by atoms with Gasteiger partial charge in [0.15, 0.2) is 0 Å². The Morgan fingerprint density at radius 1 is 1.27 bits per heavy atom. The Kier molecular flexibility index (Phi) is 5.84. The minimum Gasteiger partial charge on any atom is -0.374 e. The standard InChI is InChI=1S/C18H27N3O4S/c1-14(2)11-21-16-12-20(13-17(16)25-8-9-26(21,23)24)18(22)19-10-15-6-4-3-5-7-15/h3-7,14,16-17H,8-13H2,1-2H3,(H,19,22)/t16-,17+/m1/s1. The third kappa shape index (κ3) is 4.36. The van der Waals surface area contributed by atoms with Crippen molar-refractivity contribution in [1.82, 2.24) is 14.5 Å². The summed E-state index contributed by atoms with van der Waals surface area (Å²) in [4.78, 5) is 14.2. The van der Waals surface area contributed by atoms with E-state index < -0.39 is 10.0 Å². The van der Waals surface area contributed by atoms with E-state index in [0.717, 1.165) is 5.56 Å². The van der Waals surface area contributed by atoms with Gasteiger partial charge in [-0.3, -0.25) is 0 Å². The van der Waals surface area contributed by atoms with E-state index in [1.165, 1.54) is 0 Å². The minimum absolute atomic E-state index is 0.00687. The first-order valence-corrected chi connectivity index (χ1v) is 10.7. The molecule has 2 saturated heterocycles. The third-order valence-electron chi connectivity index (χ3n) is 4.76. The van der Waals surface area contributed by atoms with Crippen molar-refractivity contribution in [3.63, 3.8) is 0 Å². The maximum absolute atomic E-state index is 12.6. The van der Waals surface area contributed by atoms with Crippen LogP contribution in [0.1, 0.15) is 19.4 Å². The Labute approximate surface area is 155 Å². The fourth-order valence-corrected chi connectivity index (χ4v) is 5.17. The van der Waals surface area contributed by atoms with Gasteiger partial charge in [0.2, 0.25) is 10.0 Å². The molecule has 1 N–H and O–H groups in total. The minimum atomic E-state index is -3.36. The lowest BCUT2D eigenvalue weighted by atomic mass is 10.1. The lowest BCUT2D eigenvalue weighted by Crippen LogP contribution is -2.48. The first-order chi connectivity index (χ1) is 12.4. The van der Waals surface area contributed by atoms with Crippen LogP contribution in [0.25, 0.3) is 0 Å². The SMILES string of the molecule is CC(C)CN1[C@@H]2CN(C(=O)NCc3ccccc3)C[C@@H]2OCCS1(=O)=O. The van der Waals surface area contributed by atoms with Crippen molar-refractivity contribution in [2.24, 2.45) is 5.92 Å². The van der Waals surface area contributed by atoms with E-state index in [1.54, 1.807) is 9.21 Å². The molecule has 144 valence electrons. The molecule has 1 aromatic carbocycles. The summed E-state index contributed by atoms with van der Waals surface area (Å²) in [6.45, 7) is 5.84. The van der Waals surface area contributed by atoms with E-state index in [2.05, 4.69) is 5.32 Å². The summed E-state index contributed by atoms with van der Waals surface area (Å²) < 4.78 is 32.5. The van der Waals surface area contributed by atoms with Crippen LogP contribution >= 0.6 is 0 Å². The lowest BCUT2D eigenvalue weighted by Gasteiger charge is -2.29. The van der Waals surface area contributed by atoms with Crippen LogP contribution in [0.2, 0.25) is 0 Å². The van der Waals surface area contributed by atoms with Gasteiger partial charge in [0, 0.05) is 19.6 Å². The van der Waals surface area contributed by atoms with E-state index in [0.29, 0.717) is 26.2 Å². The van der Waals surface area contributed by atoms with Gasteiger partial charge in [-0.05, 0) is 11.5 Å². The van der Waals surface area contributed by atoms with Gasteiger partial charge >= 0.3 is 6.03 Å². The molecule has 0 aliphatic carbocycles. The normalized spacial score (nSPS) is 25.7. The van der Waals surface area contributed by atoms with Crippen LogP contribution in [-0.2, 0) is 21.3 Å². The number of hydrogen-bond donors (Lipinski definition) is 1. The van der Waals surface area contributed by atoms with Gasteiger partial charge < -0.3 is 15.0 Å². The molecule has 1 aromatic rings. The van der Waals surface area contributed by atoms with E-state index in [1.807, 2.05) is 44.2 Å². The lowest BCUT2D eigenvalue weighted by molar-refractivity contribution is 0.0466. The fraction of sp³-hybridized carbons (Fsp3) is 0.611. The van der Waals surface area contributed by atoms with Gasteiger partial charge in [-0.15, -0.1) is 0 Å². The molecule has 2 atom stereocenters. The monoisotopic (exact) mass is 381 g/mol. The summed E-state index contributed by atoms with van der Waals surface area (Å²) in [6, 6.07) is 9.19. The summed E-state index contributed by atoms with van der Waals surface area (Å²) in [7, 11) is -3.36. The zero-order valence-corrected chi connectivity index (χ0v) is 16.1. The van der Waals surface area contributed by atoms with Gasteiger partial charge in [-0.25, -0.2) is 13.2 Å². The average molecular weight is 381 g/mol. The van der Waals surface area contributed by atoms with Crippen molar-refractivity contribution in [3.05, 3.63) is 35.9 Å². The second kappa shape index (κ2) is 7.94. The zero-order valence-electron chi connectivity index (χ0n) is 15.3. The van der Waals surface area contributed by atoms with Crippen molar-refractivity contribution in [2.75, 3.05) is 32.0 Å². The number of hydrogen-bond acceptors (Lipinski definition) is 4. The highest BCUT2D eigenvalue weighted by Crippen LogP contribution is 2.26. The van der Waals surface area contributed by atoms with Crippen molar-refractivity contribution in [2.45, 2.75) is 32.5 Å². The summed E-state index contributed by atoms with van der Waals surface area (Å²) in [5, 5.41) is 2.91. The van der Waals surface area contributed by atoms with Gasteiger partial charge in [-0.1, -0.05) is 44.2 Å². The molecule has 0 bridgehead atoms. The predicted molar refractivity (Wildman–Crippen MR) is 99.1 cm³/mol. The summed E-state index contributed by atoms with van der Waals surface area (Å²) >= 11 is 0. The molecule has 0 aromatic heterocycles. The van der Waals surface area contributed by atoms with Crippen molar-refractivity contribution in [1.29, 1.82) is 0 Å². The molecule has 7 nitrogen and oxygen atoms in total. The Balaban J connectivity index is 1.67. The highest BCUT2D eigenvalue weighted by Gasteiger charge is 2.45. The number of carbonyl (C=O) groups is 1. The van der Waals surface area contributed by atoms with Crippen molar-refractivity contribution < 1.29 is 17.9 Å². The Hall–Kier alpha value is -1.64. The Bertz CT molecular complexity index is 723. The fourth-order valence-electron chi connectivity index (χ4n) is 3.49. The highest BCUT2D eigenvalue weighted by molar-refractivity contribution is 7.89. The largest absolute Gasteiger partial charge is 0.374 e. The summed E-state index contributed by atoms with van der Waals surface area (Å²) in [6.07, 6.45) is -0.270. The smallest absolute Gasteiger partial charge is 0.317 e. The van der Waals surface area contributed by atoms with Gasteiger partial charge in [0.05, 0.1) is 31.1 Å². The zero-order chi connectivity index (χ0) is 18.7. The molecule has 26 heavy (non-hydrogen) atoms. The molecule has 2 fully saturated rings. The first kappa shape index (κ1) is 19.1. The number of nitrogens with one attached hydrogen (secondary N) is 1. The average Bonchev–Trinajstić information content (AvgIpc) is 2.97. The molecule has 0 spiro atoms. The molecule has 2 heterocycles. The topological polar surface area (TPSA) is 79.0 Å². The molecule has 2 aliphatic rings. The Morgan fingerprint density at radius 2 is 2.00 bits per heavy atom. The highest BCUT2D eigenvalue weighted by atomic mass is 32.2. The molecule has 2 amide bonds. The summed E-state index contributed by atoms with van der Waals surface area (Å²) in [5.41, 5.74) is 1.02. The molecule has 8 heteroatoms. The number of likely N-dealkylation sites (tertiary alicyclic amines) is 1. The first-order valence-electron chi connectivity index (χ1n) is 9.04. The Morgan fingerprint density at radius 3 is 2.69 bits per heavy atom. The third-order valence-corrected chi connectivity index (χ3v) is 6.57. The van der Waals surface area contributed by atoms with Crippen LogP contribution in [0.3, 0.4) is 0 Å². The van der Waals surface area contributed by atoms with E-state index in [-0.39, 0.29) is 36.5 Å². The molecular weight excluding hydrogens is 354 g/mol. The van der Waals surface area contributed by atoms with Crippen molar-refractivity contribution >= 4 is 16.1 Å². The number of sulfonamides is 1. The van der Waals surface area contributed by atoms with Crippen molar-refractivity contribution in [3.8, 4) is 0 Å². The van der Waals surface area contributed by atoms with Gasteiger partial charge in [0.1, 0.15) is 0 Å². The number of nitrogens with zero attached hydrogens (tertiary/aromatic N) is 2. The number of ether oxygens (including phenoxy) is 1. The van der Waals surface area contributed by atoms with E-state index >= 15 is 0 Å². The van der Waals surface area contributed by atoms with Crippen LogP contribution in [0, 0.1) is 5.92 Å². The number of urea groups is 1. The number of carbonyl (C=O) groups excluding carboxylic acids is 1. The molecule has 3 rings (SSSR count). The van der Waals surface area contributed by atoms with Crippen LogP contribution in [0.15, 0.2) is 30.3 Å². The number of fused-ring (bicyclic) bond motifs is 1. The molecule has 0 saturated carbocycles. The quantitative estimate of drug-likeness (QED) is 0.852. The second-order valence-corrected chi connectivity index (χ2v) is 9.35. The summed E-state index contributed by atoms with van der Waals surface area (Å²) in [5.74, 6) is 0.219. The molecule has 0 radical (unpaired) electrons. The van der Waals surface area contributed by atoms with E-state index in [9.17, 15) is 13.2 Å². The molecular formula is C18H27N3O4S. The van der Waals surface area contributed by atoms with Crippen LogP contribution in [0.5, 0.6) is 0 Å². The maximum atomic E-state index is 12.6. The van der Waals surface area contributed by atoms with Crippen LogP contribution in [0.4, 0.5) is 4.79 Å². The van der Waals surface area contributed by atoms with E-state index in [4.69, 9.17) is 4.74 Å². The predicted octanol–water partition coefficient (Wildman–Crippen LogP) is 1.27. The maximum Gasteiger partial charge on any atom is 0.317 e. The number of benzene rings is 1. The number of amides is 2. The van der Waals surface area contributed by atoms with Gasteiger partial charge in [-0.2, -0.15) is 4.31 Å².